The summed E-state index contributed by atoms with van der Waals surface area (Å²) in [4.78, 5) is 15.6. The van der Waals surface area contributed by atoms with Crippen molar-refractivity contribution < 1.29 is 9.90 Å². The second kappa shape index (κ2) is 6.83. The molecule has 0 saturated carbocycles. The van der Waals surface area contributed by atoms with Crippen LogP contribution in [0.2, 0.25) is 0 Å². The topological polar surface area (TPSA) is 92.9 Å². The fourth-order valence-electron chi connectivity index (χ4n) is 2.02. The summed E-state index contributed by atoms with van der Waals surface area (Å²) < 4.78 is 1.85. The van der Waals surface area contributed by atoms with E-state index in [2.05, 4.69) is 20.5 Å². The van der Waals surface area contributed by atoms with Crippen molar-refractivity contribution >= 4 is 11.8 Å². The molecule has 21 heavy (non-hydrogen) atoms. The first-order valence-electron chi connectivity index (χ1n) is 6.91. The fraction of sp³-hybridized carbons (Fsp3) is 0.429. The maximum Gasteiger partial charge on any atom is 0.335 e. The van der Waals surface area contributed by atoms with Crippen LogP contribution in [0.4, 0.5) is 5.82 Å². The lowest BCUT2D eigenvalue weighted by atomic mass is 10.1. The van der Waals surface area contributed by atoms with E-state index < -0.39 is 5.97 Å². The predicted molar refractivity (Wildman–Crippen MR) is 78.4 cm³/mol. The van der Waals surface area contributed by atoms with Crippen LogP contribution in [0, 0.1) is 0 Å². The molecule has 0 atom stereocenters. The monoisotopic (exact) mass is 289 g/mol. The minimum Gasteiger partial charge on any atom is -0.478 e. The van der Waals surface area contributed by atoms with Crippen LogP contribution in [-0.4, -0.2) is 37.4 Å². The summed E-state index contributed by atoms with van der Waals surface area (Å²) in [5.41, 5.74) is 1.05. The Labute approximate surface area is 123 Å². The second-order valence-electron chi connectivity index (χ2n) is 4.82. The summed E-state index contributed by atoms with van der Waals surface area (Å²) in [5, 5.41) is 20.1. The third-order valence-corrected chi connectivity index (χ3v) is 3.09. The SMILES string of the molecule is CCCc1cc(C(=O)O)cc(NCCc2nncn2C)n1. The van der Waals surface area contributed by atoms with Crippen molar-refractivity contribution in [1.82, 2.24) is 19.7 Å². The molecule has 2 N–H and O–H groups in total. The van der Waals surface area contributed by atoms with Gasteiger partial charge in [-0.15, -0.1) is 10.2 Å². The summed E-state index contributed by atoms with van der Waals surface area (Å²) >= 11 is 0. The van der Waals surface area contributed by atoms with Gasteiger partial charge in [-0.3, -0.25) is 0 Å². The summed E-state index contributed by atoms with van der Waals surface area (Å²) in [5.74, 6) is 0.511. The van der Waals surface area contributed by atoms with Gasteiger partial charge in [0.05, 0.1) is 5.56 Å². The molecular formula is C14H19N5O2. The van der Waals surface area contributed by atoms with Gasteiger partial charge < -0.3 is 15.0 Å². The molecule has 7 nitrogen and oxygen atoms in total. The lowest BCUT2D eigenvalue weighted by molar-refractivity contribution is 0.0696. The van der Waals surface area contributed by atoms with Gasteiger partial charge in [0.25, 0.3) is 0 Å². The number of anilines is 1. The minimum atomic E-state index is -0.939. The molecule has 112 valence electrons. The van der Waals surface area contributed by atoms with Crippen LogP contribution >= 0.6 is 0 Å². The smallest absolute Gasteiger partial charge is 0.335 e. The first-order valence-corrected chi connectivity index (χ1v) is 6.91. The number of hydrogen-bond acceptors (Lipinski definition) is 5. The molecule has 7 heteroatoms. The molecule has 0 aliphatic heterocycles. The lowest BCUT2D eigenvalue weighted by Gasteiger charge is -2.09. The Morgan fingerprint density at radius 1 is 1.38 bits per heavy atom. The Bertz CT molecular complexity index is 624. The number of carbonyl (C=O) groups is 1. The number of aryl methyl sites for hydroxylation is 2. The molecule has 0 aliphatic rings. The van der Waals surface area contributed by atoms with Gasteiger partial charge in [0.1, 0.15) is 18.0 Å². The van der Waals surface area contributed by atoms with Gasteiger partial charge >= 0.3 is 5.97 Å². The van der Waals surface area contributed by atoms with Crippen LogP contribution in [0.3, 0.4) is 0 Å². The van der Waals surface area contributed by atoms with Gasteiger partial charge in [-0.2, -0.15) is 0 Å². The molecule has 2 aromatic rings. The molecule has 0 unspecified atom stereocenters. The zero-order valence-electron chi connectivity index (χ0n) is 12.2. The normalized spacial score (nSPS) is 10.6. The largest absolute Gasteiger partial charge is 0.478 e. The van der Waals surface area contributed by atoms with Crippen molar-refractivity contribution in [2.45, 2.75) is 26.2 Å². The van der Waals surface area contributed by atoms with E-state index in [9.17, 15) is 4.79 Å². The molecular weight excluding hydrogens is 270 g/mol. The zero-order valence-corrected chi connectivity index (χ0v) is 12.2. The predicted octanol–water partition coefficient (Wildman–Crippen LogP) is 1.52. The quantitative estimate of drug-likeness (QED) is 0.802. The highest BCUT2D eigenvalue weighted by molar-refractivity contribution is 5.88. The molecule has 0 bridgehead atoms. The highest BCUT2D eigenvalue weighted by atomic mass is 16.4. The Kier molecular flexibility index (Phi) is 4.86. The number of hydrogen-bond donors (Lipinski definition) is 2. The number of nitrogens with zero attached hydrogens (tertiary/aromatic N) is 4. The highest BCUT2D eigenvalue weighted by Gasteiger charge is 2.08. The minimum absolute atomic E-state index is 0.259. The molecule has 0 spiro atoms. The Morgan fingerprint density at radius 2 is 2.19 bits per heavy atom. The van der Waals surface area contributed by atoms with Crippen LogP contribution in [-0.2, 0) is 19.9 Å². The highest BCUT2D eigenvalue weighted by Crippen LogP contribution is 2.12. The molecule has 0 fully saturated rings. The second-order valence-corrected chi connectivity index (χ2v) is 4.82. The van der Waals surface area contributed by atoms with Crippen molar-refractivity contribution in [3.05, 3.63) is 35.5 Å². The van der Waals surface area contributed by atoms with Crippen molar-refractivity contribution in [3.8, 4) is 0 Å². The van der Waals surface area contributed by atoms with Crippen molar-refractivity contribution in [2.75, 3.05) is 11.9 Å². The van der Waals surface area contributed by atoms with Crippen LogP contribution in [0.25, 0.3) is 0 Å². The first kappa shape index (κ1) is 15.0. The van der Waals surface area contributed by atoms with Gasteiger partial charge in [-0.05, 0) is 18.6 Å². The van der Waals surface area contributed by atoms with Crippen molar-refractivity contribution in [3.63, 3.8) is 0 Å². The van der Waals surface area contributed by atoms with E-state index >= 15 is 0 Å². The van der Waals surface area contributed by atoms with Gasteiger partial charge in [-0.1, -0.05) is 13.3 Å². The maximum atomic E-state index is 11.1. The third kappa shape index (κ3) is 4.01. The van der Waals surface area contributed by atoms with E-state index in [0.29, 0.717) is 18.8 Å². The van der Waals surface area contributed by atoms with Crippen LogP contribution < -0.4 is 5.32 Å². The van der Waals surface area contributed by atoms with Crippen LogP contribution in [0.15, 0.2) is 18.5 Å². The summed E-state index contributed by atoms with van der Waals surface area (Å²) in [6.07, 6.45) is 4.03. The number of carboxylic acid groups (broad SMARTS) is 1. The summed E-state index contributed by atoms with van der Waals surface area (Å²) in [6, 6.07) is 3.18. The van der Waals surface area contributed by atoms with Crippen LogP contribution in [0.5, 0.6) is 0 Å². The van der Waals surface area contributed by atoms with Crippen LogP contribution in [0.1, 0.15) is 35.2 Å². The Morgan fingerprint density at radius 3 is 2.81 bits per heavy atom. The molecule has 0 radical (unpaired) electrons. The van der Waals surface area contributed by atoms with E-state index in [1.54, 1.807) is 18.5 Å². The summed E-state index contributed by atoms with van der Waals surface area (Å²) in [7, 11) is 1.89. The first-order chi connectivity index (χ1) is 10.1. The molecule has 2 aromatic heterocycles. The molecule has 2 rings (SSSR count). The third-order valence-electron chi connectivity index (χ3n) is 3.09. The fourth-order valence-corrected chi connectivity index (χ4v) is 2.02. The average molecular weight is 289 g/mol. The van der Waals surface area contributed by atoms with Gasteiger partial charge in [0.15, 0.2) is 0 Å². The van der Waals surface area contributed by atoms with E-state index in [4.69, 9.17) is 5.11 Å². The number of pyridine rings is 1. The molecule has 2 heterocycles. The van der Waals surface area contributed by atoms with Gasteiger partial charge in [0, 0.05) is 25.7 Å². The Balaban J connectivity index is 2.04. The number of aromatic carboxylic acids is 1. The lowest BCUT2D eigenvalue weighted by Crippen LogP contribution is -2.11. The maximum absolute atomic E-state index is 11.1. The van der Waals surface area contributed by atoms with Gasteiger partial charge in [0.2, 0.25) is 0 Å². The molecule has 0 aliphatic carbocycles. The molecule has 0 saturated heterocycles. The standard InChI is InChI=1S/C14H19N5O2/c1-3-4-11-7-10(14(20)21)8-12(17-11)15-6-5-13-18-16-9-19(13)2/h7-9H,3-6H2,1-2H3,(H,15,17)(H,20,21). The number of nitrogens with one attached hydrogen (secondary N) is 1. The van der Waals surface area contributed by atoms with E-state index in [1.807, 2.05) is 18.5 Å². The number of carboxylic acids is 1. The Hall–Kier alpha value is -2.44. The van der Waals surface area contributed by atoms with E-state index in [-0.39, 0.29) is 5.56 Å². The van der Waals surface area contributed by atoms with E-state index in [0.717, 1.165) is 24.4 Å². The summed E-state index contributed by atoms with van der Waals surface area (Å²) in [6.45, 7) is 2.66. The average Bonchev–Trinajstić information content (AvgIpc) is 2.84. The molecule has 0 aromatic carbocycles. The van der Waals surface area contributed by atoms with Crippen molar-refractivity contribution in [2.24, 2.45) is 7.05 Å². The number of rotatable bonds is 7. The van der Waals surface area contributed by atoms with Gasteiger partial charge in [-0.25, -0.2) is 9.78 Å². The van der Waals surface area contributed by atoms with Crippen molar-refractivity contribution in [1.29, 1.82) is 0 Å². The zero-order chi connectivity index (χ0) is 15.2. The number of aromatic nitrogens is 4. The van der Waals surface area contributed by atoms with E-state index in [1.165, 1.54) is 0 Å². The molecule has 0 amide bonds.